The van der Waals surface area contributed by atoms with Crippen molar-refractivity contribution in [1.82, 2.24) is 4.90 Å². The predicted molar refractivity (Wildman–Crippen MR) is 142 cm³/mol. The highest BCUT2D eigenvalue weighted by molar-refractivity contribution is 6.25. The number of anilines is 1. The molecule has 3 aliphatic carbocycles. The lowest BCUT2D eigenvalue weighted by Gasteiger charge is -2.50. The summed E-state index contributed by atoms with van der Waals surface area (Å²) < 4.78 is 0. The van der Waals surface area contributed by atoms with Crippen LogP contribution in [0, 0.1) is 11.8 Å². The number of ketones is 2. The third-order valence-electron chi connectivity index (χ3n) is 7.96. The summed E-state index contributed by atoms with van der Waals surface area (Å²) >= 11 is 0. The lowest BCUT2D eigenvalue weighted by atomic mass is 9.58. The lowest BCUT2D eigenvalue weighted by Crippen LogP contribution is -2.63. The fourth-order valence-corrected chi connectivity index (χ4v) is 6.22. The van der Waals surface area contributed by atoms with Crippen LogP contribution in [0.5, 0.6) is 5.75 Å². The molecule has 4 atom stereocenters. The Balaban J connectivity index is 1.96. The zero-order chi connectivity index (χ0) is 28.3. The third kappa shape index (κ3) is 3.82. The van der Waals surface area contributed by atoms with E-state index in [4.69, 9.17) is 5.73 Å². The number of carbonyl (C=O) groups is 3. The van der Waals surface area contributed by atoms with Crippen molar-refractivity contribution in [2.75, 3.05) is 33.1 Å². The maximum absolute atomic E-state index is 14.0. The number of nitrogens with two attached hydrogens (primary N) is 1. The van der Waals surface area contributed by atoms with Gasteiger partial charge in [0.25, 0.3) is 5.91 Å². The number of benzene rings is 1. The van der Waals surface area contributed by atoms with Crippen molar-refractivity contribution in [3.8, 4) is 5.75 Å². The number of Topliss-reactive ketones (excluding diaryl/α,β-unsaturated/α-hetero) is 2. The van der Waals surface area contributed by atoms with Crippen molar-refractivity contribution >= 4 is 29.2 Å². The highest BCUT2D eigenvalue weighted by Gasteiger charge is 2.63. The summed E-state index contributed by atoms with van der Waals surface area (Å²) in [6.45, 7) is 2.02. The number of fused-ring (bicyclic) bond motifs is 3. The number of unbranched alkanes of at least 4 members (excludes halogenated alkanes) is 1. The van der Waals surface area contributed by atoms with Crippen LogP contribution in [0.1, 0.15) is 47.7 Å². The van der Waals surface area contributed by atoms with Crippen molar-refractivity contribution in [2.45, 2.75) is 44.2 Å². The molecule has 0 radical (unpaired) electrons. The van der Waals surface area contributed by atoms with Gasteiger partial charge in [-0.05, 0) is 50.9 Å². The van der Waals surface area contributed by atoms with Crippen molar-refractivity contribution < 1.29 is 34.8 Å². The van der Waals surface area contributed by atoms with Gasteiger partial charge >= 0.3 is 0 Å². The van der Waals surface area contributed by atoms with E-state index in [9.17, 15) is 34.8 Å². The number of rotatable bonds is 6. The molecule has 0 saturated heterocycles. The summed E-state index contributed by atoms with van der Waals surface area (Å²) in [5, 5.41) is 45.2. The maximum atomic E-state index is 14.0. The molecule has 4 rings (SSSR count). The quantitative estimate of drug-likeness (QED) is 0.349. The first-order valence-electron chi connectivity index (χ1n) is 12.7. The molecular weight excluding hydrogens is 490 g/mol. The zero-order valence-corrected chi connectivity index (χ0v) is 22.3. The topological polar surface area (TPSA) is 165 Å². The molecule has 38 heavy (non-hydrogen) atoms. The van der Waals surface area contributed by atoms with Crippen molar-refractivity contribution in [1.29, 1.82) is 0 Å². The smallest absolute Gasteiger partial charge is 0.255 e. The molecule has 0 saturated carbocycles. The molecule has 204 valence electrons. The highest BCUT2D eigenvalue weighted by Crippen LogP contribution is 2.53. The van der Waals surface area contributed by atoms with Crippen molar-refractivity contribution in [3.05, 3.63) is 51.5 Å². The summed E-state index contributed by atoms with van der Waals surface area (Å²) in [5.74, 6) is -6.55. The number of hydrogen-bond donors (Lipinski definition) is 5. The van der Waals surface area contributed by atoms with Crippen LogP contribution in [-0.2, 0) is 16.0 Å². The Hall–Kier alpha value is -3.63. The first kappa shape index (κ1) is 27.4. The number of allylic oxidation sites excluding steroid dienone is 2. The zero-order valence-electron chi connectivity index (χ0n) is 22.3. The first-order valence-corrected chi connectivity index (χ1v) is 12.7. The molecule has 0 heterocycles. The van der Waals surface area contributed by atoms with E-state index < -0.39 is 58.0 Å². The molecule has 1 amide bonds. The molecule has 0 bridgehead atoms. The fourth-order valence-electron chi connectivity index (χ4n) is 6.22. The molecule has 3 aliphatic rings. The summed E-state index contributed by atoms with van der Waals surface area (Å²) in [5.41, 5.74) is 3.50. The van der Waals surface area contributed by atoms with Gasteiger partial charge in [0.05, 0.1) is 11.6 Å². The van der Waals surface area contributed by atoms with Gasteiger partial charge in [-0.25, -0.2) is 0 Å². The number of primary amides is 1. The van der Waals surface area contributed by atoms with Gasteiger partial charge in [0.1, 0.15) is 22.8 Å². The third-order valence-corrected chi connectivity index (χ3v) is 7.96. The average molecular weight is 526 g/mol. The molecule has 1 aromatic rings. The van der Waals surface area contributed by atoms with Crippen LogP contribution in [0.4, 0.5) is 5.69 Å². The standard InChI is InChI=1S/C28H35N3O7/c1-6-7-8-9-13-12-17(30(2)3)15-10-14-11-16-21(31(4)5)24(34)20(27(29)37)26(36)28(16,38)25(35)18(14)23(33)19(15)22(13)32/h8-9,12,14,16,21,32,34-35,38H,6-7,10-11H2,1-5H3,(H2,29,37)/b9-8+. The van der Waals surface area contributed by atoms with E-state index in [0.717, 1.165) is 18.5 Å². The summed E-state index contributed by atoms with van der Waals surface area (Å²) in [6.07, 6.45) is 5.62. The summed E-state index contributed by atoms with van der Waals surface area (Å²) in [7, 11) is 6.86. The van der Waals surface area contributed by atoms with Crippen molar-refractivity contribution in [2.24, 2.45) is 17.6 Å². The van der Waals surface area contributed by atoms with Gasteiger partial charge in [0.2, 0.25) is 5.78 Å². The predicted octanol–water partition coefficient (Wildman–Crippen LogP) is 2.00. The number of phenolic OH excluding ortho intramolecular Hbond substituents is 1. The molecule has 0 aliphatic heterocycles. The molecule has 0 spiro atoms. The highest BCUT2D eigenvalue weighted by atomic mass is 16.3. The number of aromatic hydroxyl groups is 1. The van der Waals surface area contributed by atoms with E-state index in [0.29, 0.717) is 11.1 Å². The number of hydrogen-bond acceptors (Lipinski definition) is 9. The normalized spacial score (nSPS) is 27.1. The number of nitrogens with zero attached hydrogens (tertiary/aromatic N) is 2. The van der Waals surface area contributed by atoms with E-state index in [1.54, 1.807) is 20.2 Å². The number of carbonyl (C=O) groups excluding carboxylic acids is 3. The Morgan fingerprint density at radius 3 is 2.39 bits per heavy atom. The number of likely N-dealkylation sites (N-methyl/N-ethyl adjacent to an activating group) is 1. The number of aliphatic hydroxyl groups is 3. The molecule has 0 aromatic heterocycles. The van der Waals surface area contributed by atoms with Crippen LogP contribution < -0.4 is 10.6 Å². The first-order chi connectivity index (χ1) is 17.8. The molecule has 4 unspecified atom stereocenters. The van der Waals surface area contributed by atoms with E-state index >= 15 is 0 Å². The second-order valence-corrected chi connectivity index (χ2v) is 10.7. The molecule has 6 N–H and O–H groups in total. The second-order valence-electron chi connectivity index (χ2n) is 10.7. The SMILES string of the molecule is CCC/C=C/c1cc(N(C)C)c2c(c1O)C(=O)C1=C(O)C3(O)C(=O)C(C(N)=O)=C(O)C(N(C)C)C3CC1C2. The van der Waals surface area contributed by atoms with Gasteiger partial charge < -0.3 is 31.1 Å². The molecule has 0 fully saturated rings. The van der Waals surface area contributed by atoms with Gasteiger partial charge in [0, 0.05) is 36.8 Å². The van der Waals surface area contributed by atoms with Crippen molar-refractivity contribution in [3.63, 3.8) is 0 Å². The average Bonchev–Trinajstić information content (AvgIpc) is 2.82. The minimum absolute atomic E-state index is 0.00753. The Labute approximate surface area is 221 Å². The molecular formula is C28H35N3O7. The molecule has 1 aromatic carbocycles. The van der Waals surface area contributed by atoms with Crippen LogP contribution in [0.15, 0.2) is 34.8 Å². The van der Waals surface area contributed by atoms with E-state index in [1.165, 1.54) is 4.90 Å². The Morgan fingerprint density at radius 2 is 1.84 bits per heavy atom. The number of aliphatic hydroxyl groups excluding tert-OH is 2. The largest absolute Gasteiger partial charge is 0.510 e. The Bertz CT molecular complexity index is 1320. The minimum atomic E-state index is -2.65. The van der Waals surface area contributed by atoms with Gasteiger partial charge in [-0.3, -0.25) is 19.3 Å². The minimum Gasteiger partial charge on any atom is -0.510 e. The van der Waals surface area contributed by atoms with Crippen LogP contribution in [0.2, 0.25) is 0 Å². The molecule has 10 heteroatoms. The summed E-state index contributed by atoms with van der Waals surface area (Å²) in [4.78, 5) is 42.8. The number of amides is 1. The van der Waals surface area contributed by atoms with Gasteiger partial charge in [-0.2, -0.15) is 0 Å². The maximum Gasteiger partial charge on any atom is 0.255 e. The van der Waals surface area contributed by atoms with Crippen LogP contribution in [-0.4, -0.2) is 82.6 Å². The van der Waals surface area contributed by atoms with Crippen LogP contribution in [0.3, 0.4) is 0 Å². The number of phenols is 1. The van der Waals surface area contributed by atoms with Crippen LogP contribution >= 0.6 is 0 Å². The van der Waals surface area contributed by atoms with Crippen LogP contribution in [0.25, 0.3) is 6.08 Å². The van der Waals surface area contributed by atoms with Gasteiger partial charge in [-0.1, -0.05) is 25.5 Å². The lowest BCUT2D eigenvalue weighted by molar-refractivity contribution is -0.148. The van der Waals surface area contributed by atoms with E-state index in [1.807, 2.05) is 38.1 Å². The Kier molecular flexibility index (Phi) is 6.92. The monoisotopic (exact) mass is 525 g/mol. The summed E-state index contributed by atoms with van der Waals surface area (Å²) in [6, 6.07) is 0.787. The van der Waals surface area contributed by atoms with Gasteiger partial charge in [0.15, 0.2) is 11.4 Å². The fraction of sp³-hybridized carbons (Fsp3) is 0.464. The van der Waals surface area contributed by atoms with Gasteiger partial charge in [-0.15, -0.1) is 0 Å². The Morgan fingerprint density at radius 1 is 1.18 bits per heavy atom. The van der Waals surface area contributed by atoms with E-state index in [2.05, 4.69) is 0 Å². The van der Waals surface area contributed by atoms with E-state index in [-0.39, 0.29) is 29.7 Å². The second kappa shape index (κ2) is 9.59. The molecule has 10 nitrogen and oxygen atoms in total.